The zero-order valence-corrected chi connectivity index (χ0v) is 12.8. The Morgan fingerprint density at radius 3 is 2.86 bits per heavy atom. The molecule has 1 aromatic heterocycles. The lowest BCUT2D eigenvalue weighted by atomic mass is 9.63. The molecule has 1 aromatic rings. The van der Waals surface area contributed by atoms with Gasteiger partial charge in [0.25, 0.3) is 0 Å². The van der Waals surface area contributed by atoms with Gasteiger partial charge in [-0.3, -0.25) is 4.57 Å². The monoisotopic (exact) mass is 290 g/mol. The number of hydrogen-bond acceptors (Lipinski definition) is 4. The van der Waals surface area contributed by atoms with E-state index in [2.05, 4.69) is 36.1 Å². The summed E-state index contributed by atoms with van der Waals surface area (Å²) in [5.74, 6) is 0. The number of aromatic nitrogens is 2. The summed E-state index contributed by atoms with van der Waals surface area (Å²) in [6, 6.07) is -0.200. The van der Waals surface area contributed by atoms with Crippen molar-refractivity contribution in [2.24, 2.45) is 15.8 Å². The lowest BCUT2D eigenvalue weighted by Gasteiger charge is -2.45. The molecule has 1 fully saturated rings. The molecule has 0 aliphatic heterocycles. The van der Waals surface area contributed by atoms with E-state index in [0.29, 0.717) is 6.54 Å². The lowest BCUT2D eigenvalue weighted by molar-refractivity contribution is 0.0851. The van der Waals surface area contributed by atoms with Crippen LogP contribution >= 0.6 is 0 Å². The minimum atomic E-state index is -0.187. The molecule has 0 saturated heterocycles. The summed E-state index contributed by atoms with van der Waals surface area (Å²) in [6.45, 7) is 7.04. The van der Waals surface area contributed by atoms with E-state index < -0.39 is 0 Å². The Balaban J connectivity index is 2.02. The van der Waals surface area contributed by atoms with Crippen molar-refractivity contribution in [3.63, 3.8) is 0 Å². The normalized spacial score (nSPS) is 27.7. The average molecular weight is 290 g/mol. The number of isocyanates is 1. The maximum absolute atomic E-state index is 12.0. The lowest BCUT2D eigenvalue weighted by Crippen LogP contribution is -2.45. The van der Waals surface area contributed by atoms with Gasteiger partial charge in [0.05, 0.1) is 6.04 Å². The molecule has 2 unspecified atom stereocenters. The quantitative estimate of drug-likeness (QED) is 0.686. The maximum atomic E-state index is 12.0. The fourth-order valence-corrected chi connectivity index (χ4v) is 3.64. The van der Waals surface area contributed by atoms with Gasteiger partial charge in [-0.05, 0) is 30.1 Å². The Morgan fingerprint density at radius 2 is 2.24 bits per heavy atom. The van der Waals surface area contributed by atoms with Gasteiger partial charge in [-0.2, -0.15) is 0 Å². The highest BCUT2D eigenvalue weighted by molar-refractivity contribution is 5.76. The SMILES string of the molecule is CC1(C)CC(N=C=O)CC(C)(CNC(=O)n2ccnc2)C1. The van der Waals surface area contributed by atoms with E-state index in [-0.39, 0.29) is 22.9 Å². The topological polar surface area (TPSA) is 76.3 Å². The van der Waals surface area contributed by atoms with E-state index in [4.69, 9.17) is 0 Å². The van der Waals surface area contributed by atoms with E-state index in [0.717, 1.165) is 19.3 Å². The van der Waals surface area contributed by atoms with Crippen molar-refractivity contribution in [1.82, 2.24) is 14.9 Å². The van der Waals surface area contributed by atoms with E-state index >= 15 is 0 Å². The van der Waals surface area contributed by atoms with Gasteiger partial charge < -0.3 is 5.32 Å². The fraction of sp³-hybridized carbons (Fsp3) is 0.667. The average Bonchev–Trinajstić information content (AvgIpc) is 2.88. The number of hydrogen-bond donors (Lipinski definition) is 1. The molecule has 1 amide bonds. The molecule has 1 heterocycles. The number of rotatable bonds is 3. The second kappa shape index (κ2) is 5.82. The van der Waals surface area contributed by atoms with Crippen molar-refractivity contribution in [2.45, 2.75) is 46.1 Å². The first-order valence-electron chi connectivity index (χ1n) is 7.17. The molecule has 1 aliphatic rings. The summed E-state index contributed by atoms with van der Waals surface area (Å²) in [6.07, 6.45) is 8.98. The van der Waals surface area contributed by atoms with Crippen LogP contribution in [-0.4, -0.2) is 34.2 Å². The van der Waals surface area contributed by atoms with Gasteiger partial charge in [-0.25, -0.2) is 19.6 Å². The van der Waals surface area contributed by atoms with Gasteiger partial charge in [-0.15, -0.1) is 0 Å². The number of nitrogens with one attached hydrogen (secondary N) is 1. The smallest absolute Gasteiger partial charge is 0.326 e. The third-order valence-electron chi connectivity index (χ3n) is 4.06. The second-order valence-electron chi connectivity index (χ2n) is 7.06. The third kappa shape index (κ3) is 4.02. The zero-order chi connectivity index (χ0) is 15.5. The molecule has 1 N–H and O–H groups in total. The van der Waals surface area contributed by atoms with Gasteiger partial charge in [0.2, 0.25) is 6.08 Å². The van der Waals surface area contributed by atoms with E-state index in [1.165, 1.54) is 10.9 Å². The van der Waals surface area contributed by atoms with Crippen LogP contribution in [0.15, 0.2) is 23.7 Å². The maximum Gasteiger partial charge on any atom is 0.326 e. The Bertz CT molecular complexity index is 546. The summed E-state index contributed by atoms with van der Waals surface area (Å²) >= 11 is 0. The van der Waals surface area contributed by atoms with Gasteiger partial charge >= 0.3 is 6.03 Å². The Morgan fingerprint density at radius 1 is 1.48 bits per heavy atom. The molecule has 1 aliphatic carbocycles. The van der Waals surface area contributed by atoms with Crippen LogP contribution in [0.2, 0.25) is 0 Å². The number of imidazole rings is 1. The Labute approximate surface area is 124 Å². The summed E-state index contributed by atoms with van der Waals surface area (Å²) in [5, 5.41) is 2.94. The molecular formula is C15H22N4O2. The molecule has 2 rings (SSSR count). The van der Waals surface area contributed by atoms with Gasteiger partial charge in [0.1, 0.15) is 6.33 Å². The van der Waals surface area contributed by atoms with Crippen molar-refractivity contribution in [3.05, 3.63) is 18.7 Å². The predicted octanol–water partition coefficient (Wildman–Crippen LogP) is 2.36. The van der Waals surface area contributed by atoms with E-state index in [9.17, 15) is 9.59 Å². The molecule has 6 nitrogen and oxygen atoms in total. The number of carbonyl (C=O) groups excluding carboxylic acids is 2. The Hall–Kier alpha value is -1.94. The van der Waals surface area contributed by atoms with E-state index in [1.54, 1.807) is 18.5 Å². The van der Waals surface area contributed by atoms with Crippen LogP contribution in [0.1, 0.15) is 40.0 Å². The molecule has 2 atom stereocenters. The molecular weight excluding hydrogens is 268 g/mol. The number of carbonyl (C=O) groups is 1. The van der Waals surface area contributed by atoms with E-state index in [1.807, 2.05) is 0 Å². The van der Waals surface area contributed by atoms with Crippen molar-refractivity contribution in [2.75, 3.05) is 6.54 Å². The van der Waals surface area contributed by atoms with Crippen LogP contribution < -0.4 is 5.32 Å². The first-order valence-corrected chi connectivity index (χ1v) is 7.17. The summed E-state index contributed by atoms with van der Waals surface area (Å²) in [4.78, 5) is 30.3. The first kappa shape index (κ1) is 15.4. The molecule has 6 heteroatoms. The number of aliphatic imine (C=N–C) groups is 1. The zero-order valence-electron chi connectivity index (χ0n) is 12.8. The molecule has 0 aromatic carbocycles. The first-order chi connectivity index (χ1) is 9.84. The van der Waals surface area contributed by atoms with Crippen molar-refractivity contribution in [1.29, 1.82) is 0 Å². The number of nitrogens with zero attached hydrogens (tertiary/aromatic N) is 3. The highest BCUT2D eigenvalue weighted by atomic mass is 16.2. The van der Waals surface area contributed by atoms with Crippen LogP contribution in [0.5, 0.6) is 0 Å². The summed E-state index contributed by atoms with van der Waals surface area (Å²) in [5.41, 5.74) is 0.0146. The fourth-order valence-electron chi connectivity index (χ4n) is 3.64. The van der Waals surface area contributed by atoms with Crippen LogP contribution in [0.4, 0.5) is 4.79 Å². The predicted molar refractivity (Wildman–Crippen MR) is 78.7 cm³/mol. The standard InChI is InChI=1S/C15H22N4O2/c1-14(2)6-12(18-11-20)7-15(3,8-14)9-17-13(21)19-5-4-16-10-19/h4-5,10,12H,6-9H2,1-3H3,(H,17,21). The molecule has 0 bridgehead atoms. The highest BCUT2D eigenvalue weighted by Gasteiger charge is 2.41. The van der Waals surface area contributed by atoms with Crippen molar-refractivity contribution < 1.29 is 9.59 Å². The van der Waals surface area contributed by atoms with Crippen LogP contribution in [-0.2, 0) is 4.79 Å². The molecule has 0 radical (unpaired) electrons. The summed E-state index contributed by atoms with van der Waals surface area (Å²) in [7, 11) is 0. The third-order valence-corrected chi connectivity index (χ3v) is 4.06. The van der Waals surface area contributed by atoms with Crippen molar-refractivity contribution >= 4 is 12.1 Å². The van der Waals surface area contributed by atoms with Gasteiger partial charge in [0, 0.05) is 18.9 Å². The second-order valence-corrected chi connectivity index (χ2v) is 7.06. The minimum Gasteiger partial charge on any atom is -0.337 e. The van der Waals surface area contributed by atoms with Crippen LogP contribution in [0.3, 0.4) is 0 Å². The molecule has 1 saturated carbocycles. The molecule has 114 valence electrons. The Kier molecular flexibility index (Phi) is 4.28. The van der Waals surface area contributed by atoms with Crippen LogP contribution in [0.25, 0.3) is 0 Å². The number of amides is 1. The minimum absolute atomic E-state index is 0.0126. The highest BCUT2D eigenvalue weighted by Crippen LogP contribution is 2.46. The van der Waals surface area contributed by atoms with Crippen LogP contribution in [0, 0.1) is 10.8 Å². The van der Waals surface area contributed by atoms with Gasteiger partial charge in [0.15, 0.2) is 0 Å². The molecule has 21 heavy (non-hydrogen) atoms. The van der Waals surface area contributed by atoms with Crippen molar-refractivity contribution in [3.8, 4) is 0 Å². The summed E-state index contributed by atoms with van der Waals surface area (Å²) < 4.78 is 1.42. The molecule has 0 spiro atoms. The largest absolute Gasteiger partial charge is 0.337 e. The van der Waals surface area contributed by atoms with Gasteiger partial charge in [-0.1, -0.05) is 20.8 Å².